The van der Waals surface area contributed by atoms with Crippen LogP contribution in [0.3, 0.4) is 0 Å². The van der Waals surface area contributed by atoms with Crippen LogP contribution in [0.25, 0.3) is 0 Å². The predicted molar refractivity (Wildman–Crippen MR) is 52.7 cm³/mol. The number of rotatable bonds is 4. The summed E-state index contributed by atoms with van der Waals surface area (Å²) in [5.41, 5.74) is 6.69. The number of carbonyl (C=O) groups is 1. The van der Waals surface area contributed by atoms with E-state index in [-0.39, 0.29) is 6.54 Å². The molecule has 68 valence electrons. The summed E-state index contributed by atoms with van der Waals surface area (Å²) in [6, 6.07) is 9.79. The van der Waals surface area contributed by atoms with E-state index in [4.69, 9.17) is 5.73 Å². The molecule has 0 aromatic heterocycles. The first kappa shape index (κ1) is 9.45. The van der Waals surface area contributed by atoms with E-state index in [1.54, 1.807) is 0 Å². The molecule has 0 amide bonds. The zero-order valence-electron chi connectivity index (χ0n) is 7.31. The second-order valence-corrected chi connectivity index (χ2v) is 2.66. The van der Waals surface area contributed by atoms with Gasteiger partial charge in [0, 0.05) is 6.42 Å². The summed E-state index contributed by atoms with van der Waals surface area (Å²) in [6.45, 7) is 0.151. The van der Waals surface area contributed by atoms with E-state index in [9.17, 15) is 4.79 Å². The van der Waals surface area contributed by atoms with Gasteiger partial charge in [-0.3, -0.25) is 4.99 Å². The molecule has 0 radical (unpaired) electrons. The average molecular weight is 176 g/mol. The van der Waals surface area contributed by atoms with Gasteiger partial charge in [0.05, 0.1) is 12.4 Å². The van der Waals surface area contributed by atoms with E-state index in [2.05, 4.69) is 4.99 Å². The molecule has 0 aliphatic rings. The molecule has 0 aliphatic heterocycles. The molecule has 3 heteroatoms. The fourth-order valence-electron chi connectivity index (χ4n) is 1.02. The van der Waals surface area contributed by atoms with Crippen LogP contribution < -0.4 is 5.73 Å². The number of aldehydes is 1. The summed E-state index contributed by atoms with van der Waals surface area (Å²) < 4.78 is 0. The van der Waals surface area contributed by atoms with Crippen molar-refractivity contribution in [1.82, 2.24) is 0 Å². The van der Waals surface area contributed by atoms with Crippen LogP contribution in [0.2, 0.25) is 0 Å². The molecular formula is C10H12N2O. The minimum absolute atomic E-state index is 0.151. The Hall–Kier alpha value is -1.64. The summed E-state index contributed by atoms with van der Waals surface area (Å²) in [7, 11) is 0. The third-order valence-electron chi connectivity index (χ3n) is 1.60. The van der Waals surface area contributed by atoms with Crippen LogP contribution in [-0.2, 0) is 11.2 Å². The second-order valence-electron chi connectivity index (χ2n) is 2.66. The van der Waals surface area contributed by atoms with Gasteiger partial charge >= 0.3 is 0 Å². The van der Waals surface area contributed by atoms with Crippen LogP contribution in [0.4, 0.5) is 0 Å². The number of nitrogens with two attached hydrogens (primary N) is 1. The molecule has 3 nitrogen and oxygen atoms in total. The maximum Gasteiger partial charge on any atom is 0.141 e. The highest BCUT2D eigenvalue weighted by atomic mass is 16.1. The molecule has 1 aromatic rings. The predicted octanol–water partition coefficient (Wildman–Crippen LogP) is 0.785. The van der Waals surface area contributed by atoms with Gasteiger partial charge in [-0.15, -0.1) is 0 Å². The van der Waals surface area contributed by atoms with Crippen molar-refractivity contribution in [3.63, 3.8) is 0 Å². The lowest BCUT2D eigenvalue weighted by Gasteiger charge is -1.99. The first-order valence-corrected chi connectivity index (χ1v) is 4.09. The van der Waals surface area contributed by atoms with Gasteiger partial charge in [0.15, 0.2) is 0 Å². The van der Waals surface area contributed by atoms with Crippen LogP contribution >= 0.6 is 0 Å². The van der Waals surface area contributed by atoms with Gasteiger partial charge in [0.2, 0.25) is 0 Å². The highest BCUT2D eigenvalue weighted by Gasteiger charge is 1.94. The number of hydrogen-bond acceptors (Lipinski definition) is 2. The van der Waals surface area contributed by atoms with Crippen molar-refractivity contribution in [2.24, 2.45) is 10.7 Å². The number of amidine groups is 1. The molecule has 2 N–H and O–H groups in total. The lowest BCUT2D eigenvalue weighted by molar-refractivity contribution is -0.106. The Morgan fingerprint density at radius 1 is 1.38 bits per heavy atom. The lowest BCUT2D eigenvalue weighted by Crippen LogP contribution is -2.15. The van der Waals surface area contributed by atoms with Crippen LogP contribution in [0.15, 0.2) is 35.3 Å². The van der Waals surface area contributed by atoms with Crippen LogP contribution in [0.1, 0.15) is 5.56 Å². The summed E-state index contributed by atoms with van der Waals surface area (Å²) in [4.78, 5) is 13.9. The fourth-order valence-corrected chi connectivity index (χ4v) is 1.02. The van der Waals surface area contributed by atoms with E-state index < -0.39 is 0 Å². The molecule has 0 bridgehead atoms. The van der Waals surface area contributed by atoms with Gasteiger partial charge in [-0.1, -0.05) is 30.3 Å². The van der Waals surface area contributed by atoms with Gasteiger partial charge in [0.25, 0.3) is 0 Å². The van der Waals surface area contributed by atoms with Crippen molar-refractivity contribution in [3.05, 3.63) is 35.9 Å². The van der Waals surface area contributed by atoms with Crippen molar-refractivity contribution in [2.45, 2.75) is 6.42 Å². The minimum Gasteiger partial charge on any atom is -0.387 e. The Labute approximate surface area is 77.3 Å². The van der Waals surface area contributed by atoms with Crippen LogP contribution in [-0.4, -0.2) is 18.7 Å². The Balaban J connectivity index is 2.54. The molecule has 0 atom stereocenters. The first-order chi connectivity index (χ1) is 6.33. The number of hydrogen-bond donors (Lipinski definition) is 1. The Morgan fingerprint density at radius 3 is 2.69 bits per heavy atom. The highest BCUT2D eigenvalue weighted by molar-refractivity contribution is 5.83. The molecule has 13 heavy (non-hydrogen) atoms. The SMILES string of the molecule is NC(Cc1ccccc1)=NCC=O. The molecular weight excluding hydrogens is 164 g/mol. The third kappa shape index (κ3) is 3.51. The van der Waals surface area contributed by atoms with E-state index in [1.165, 1.54) is 0 Å². The molecule has 0 spiro atoms. The van der Waals surface area contributed by atoms with Gasteiger partial charge in [0.1, 0.15) is 6.29 Å². The summed E-state index contributed by atoms with van der Waals surface area (Å²) in [5, 5.41) is 0. The number of carbonyl (C=O) groups excluding carboxylic acids is 1. The summed E-state index contributed by atoms with van der Waals surface area (Å²) in [6.07, 6.45) is 1.34. The number of nitrogens with zero attached hydrogens (tertiary/aromatic N) is 1. The molecule has 0 saturated carbocycles. The Kier molecular flexibility index (Phi) is 3.70. The molecule has 0 saturated heterocycles. The zero-order chi connectivity index (χ0) is 9.52. The van der Waals surface area contributed by atoms with Crippen LogP contribution in [0, 0.1) is 0 Å². The summed E-state index contributed by atoms with van der Waals surface area (Å²) in [5.74, 6) is 0.498. The Morgan fingerprint density at radius 2 is 2.08 bits per heavy atom. The van der Waals surface area contributed by atoms with E-state index in [0.29, 0.717) is 12.3 Å². The van der Waals surface area contributed by atoms with Crippen molar-refractivity contribution < 1.29 is 4.79 Å². The standard InChI is InChI=1S/C10H12N2O/c11-10(12-6-7-13)8-9-4-2-1-3-5-9/h1-5,7H,6,8H2,(H2,11,12). The molecule has 1 rings (SSSR count). The number of benzene rings is 1. The van der Waals surface area contributed by atoms with Crippen LogP contribution in [0.5, 0.6) is 0 Å². The van der Waals surface area contributed by atoms with Crippen molar-refractivity contribution >= 4 is 12.1 Å². The largest absolute Gasteiger partial charge is 0.387 e. The van der Waals surface area contributed by atoms with E-state index in [0.717, 1.165) is 11.8 Å². The third-order valence-corrected chi connectivity index (χ3v) is 1.60. The highest BCUT2D eigenvalue weighted by Crippen LogP contribution is 1.98. The second kappa shape index (κ2) is 5.09. The quantitative estimate of drug-likeness (QED) is 0.419. The smallest absolute Gasteiger partial charge is 0.141 e. The zero-order valence-corrected chi connectivity index (χ0v) is 7.31. The minimum atomic E-state index is 0.151. The lowest BCUT2D eigenvalue weighted by atomic mass is 10.1. The topological polar surface area (TPSA) is 55.4 Å². The van der Waals surface area contributed by atoms with Crippen molar-refractivity contribution in [1.29, 1.82) is 0 Å². The maximum atomic E-state index is 10.00. The number of aliphatic imine (C=N–C) groups is 1. The molecule has 0 fully saturated rings. The average Bonchev–Trinajstić information content (AvgIpc) is 2.16. The maximum absolute atomic E-state index is 10.00. The Bertz CT molecular complexity index is 293. The van der Waals surface area contributed by atoms with Gasteiger partial charge < -0.3 is 10.5 Å². The van der Waals surface area contributed by atoms with Gasteiger partial charge in [-0.25, -0.2) is 0 Å². The van der Waals surface area contributed by atoms with E-state index >= 15 is 0 Å². The fraction of sp³-hybridized carbons (Fsp3) is 0.200. The van der Waals surface area contributed by atoms with Crippen molar-refractivity contribution in [2.75, 3.05) is 6.54 Å². The van der Waals surface area contributed by atoms with E-state index in [1.807, 2.05) is 30.3 Å². The monoisotopic (exact) mass is 176 g/mol. The normalized spacial score (nSPS) is 11.2. The molecule has 0 unspecified atom stereocenters. The molecule has 1 aromatic carbocycles. The summed E-state index contributed by atoms with van der Waals surface area (Å²) >= 11 is 0. The van der Waals surface area contributed by atoms with Crippen molar-refractivity contribution in [3.8, 4) is 0 Å². The molecule has 0 heterocycles. The van der Waals surface area contributed by atoms with Gasteiger partial charge in [-0.2, -0.15) is 0 Å². The van der Waals surface area contributed by atoms with Gasteiger partial charge in [-0.05, 0) is 5.56 Å². The molecule has 0 aliphatic carbocycles. The first-order valence-electron chi connectivity index (χ1n) is 4.09.